The van der Waals surface area contributed by atoms with E-state index >= 15 is 0 Å². The topological polar surface area (TPSA) is 54.8 Å². The molecule has 0 saturated heterocycles. The van der Waals surface area contributed by atoms with E-state index in [4.69, 9.17) is 19.9 Å². The van der Waals surface area contributed by atoms with Crippen LogP contribution in [0.25, 0.3) is 89.4 Å². The third kappa shape index (κ3) is 6.11. The van der Waals surface area contributed by atoms with Crippen LogP contribution in [0.2, 0.25) is 0 Å². The molecule has 5 nitrogen and oxygen atoms in total. The first-order valence-corrected chi connectivity index (χ1v) is 23.8. The molecule has 10 aromatic carbocycles. The van der Waals surface area contributed by atoms with Gasteiger partial charge in [-0.1, -0.05) is 206 Å². The third-order valence-electron chi connectivity index (χ3n) is 14.3. The SMILES string of the molecule is c1ccc(-c2nc(-c3ccccc3)nc(-c3ccc(-c4ccc5c(c4)C4(c6ccccc6-c6ccccc64)c4cc6c(cc4N5c4ccccc4)c(-c4ccccc4)nc4ccccc46)cc3)n2)cc1. The zero-order valence-corrected chi connectivity index (χ0v) is 37.9. The van der Waals surface area contributed by atoms with Crippen LogP contribution in [0.1, 0.15) is 22.3 Å². The summed E-state index contributed by atoms with van der Waals surface area (Å²) >= 11 is 0. The maximum absolute atomic E-state index is 5.40. The van der Waals surface area contributed by atoms with Gasteiger partial charge in [-0.25, -0.2) is 19.9 Å². The van der Waals surface area contributed by atoms with E-state index in [1.54, 1.807) is 0 Å². The molecule has 1 aliphatic heterocycles. The number of hydrogen-bond acceptors (Lipinski definition) is 5. The molecule has 12 aromatic rings. The molecule has 1 spiro atoms. The lowest BCUT2D eigenvalue weighted by Crippen LogP contribution is -2.36. The van der Waals surface area contributed by atoms with E-state index in [0.717, 1.165) is 72.4 Å². The van der Waals surface area contributed by atoms with Crippen molar-refractivity contribution >= 4 is 38.7 Å². The fourth-order valence-electron chi connectivity index (χ4n) is 11.2. The molecule has 1 aliphatic carbocycles. The molecule has 2 aromatic heterocycles. The molecule has 0 atom stereocenters. The quantitative estimate of drug-likeness (QED) is 0.156. The Kier molecular flexibility index (Phi) is 9.04. The highest BCUT2D eigenvalue weighted by molar-refractivity contribution is 6.14. The number of benzene rings is 10. The minimum atomic E-state index is -0.670. The first kappa shape index (κ1) is 39.8. The normalized spacial score (nSPS) is 12.9. The molecule has 0 radical (unpaired) electrons. The van der Waals surface area contributed by atoms with Crippen molar-refractivity contribution < 1.29 is 0 Å². The summed E-state index contributed by atoms with van der Waals surface area (Å²) in [6.07, 6.45) is 0. The molecule has 326 valence electrons. The maximum atomic E-state index is 5.40. The largest absolute Gasteiger partial charge is 0.310 e. The van der Waals surface area contributed by atoms with Crippen molar-refractivity contribution in [2.75, 3.05) is 4.90 Å². The fraction of sp³-hybridized carbons (Fsp3) is 0.0154. The molecular weight excluding hydrogens is 851 g/mol. The Labute approximate surface area is 405 Å². The van der Waals surface area contributed by atoms with Crippen molar-refractivity contribution in [3.05, 3.63) is 271 Å². The third-order valence-corrected chi connectivity index (χ3v) is 14.3. The van der Waals surface area contributed by atoms with Crippen LogP contribution in [0.15, 0.2) is 249 Å². The second-order valence-corrected chi connectivity index (χ2v) is 18.1. The molecule has 2 aliphatic rings. The van der Waals surface area contributed by atoms with Gasteiger partial charge in [0.25, 0.3) is 0 Å². The summed E-state index contributed by atoms with van der Waals surface area (Å²) < 4.78 is 0. The minimum Gasteiger partial charge on any atom is -0.310 e. The Hall–Kier alpha value is -9.32. The second kappa shape index (κ2) is 15.9. The average molecular weight is 892 g/mol. The summed E-state index contributed by atoms with van der Waals surface area (Å²) in [5, 5.41) is 3.42. The zero-order chi connectivity index (χ0) is 46.2. The van der Waals surface area contributed by atoms with Gasteiger partial charge in [0.15, 0.2) is 17.5 Å². The number of nitrogens with zero attached hydrogens (tertiary/aromatic N) is 5. The molecule has 5 heteroatoms. The Balaban J connectivity index is 1.01. The van der Waals surface area contributed by atoms with E-state index in [-0.39, 0.29) is 0 Å². The van der Waals surface area contributed by atoms with Crippen LogP contribution >= 0.6 is 0 Å². The van der Waals surface area contributed by atoms with Gasteiger partial charge in [0.2, 0.25) is 0 Å². The van der Waals surface area contributed by atoms with Crippen LogP contribution in [-0.4, -0.2) is 19.9 Å². The lowest BCUT2D eigenvalue weighted by molar-refractivity contribution is 0.754. The Morgan fingerprint density at radius 2 is 0.757 bits per heavy atom. The predicted octanol–water partition coefficient (Wildman–Crippen LogP) is 16.1. The van der Waals surface area contributed by atoms with Gasteiger partial charge in [0.1, 0.15) is 0 Å². The summed E-state index contributed by atoms with van der Waals surface area (Å²) in [5.74, 6) is 1.91. The van der Waals surface area contributed by atoms with Gasteiger partial charge in [-0.3, -0.25) is 0 Å². The maximum Gasteiger partial charge on any atom is 0.164 e. The number of pyridine rings is 1. The van der Waals surface area contributed by atoms with Crippen molar-refractivity contribution in [2.24, 2.45) is 0 Å². The Morgan fingerprint density at radius 3 is 1.37 bits per heavy atom. The van der Waals surface area contributed by atoms with Crippen LogP contribution in [0, 0.1) is 0 Å². The van der Waals surface area contributed by atoms with Crippen LogP contribution in [0.5, 0.6) is 0 Å². The molecular formula is C65H41N5. The number of anilines is 3. The summed E-state index contributed by atoms with van der Waals surface area (Å²) in [4.78, 5) is 22.9. The molecule has 0 fully saturated rings. The average Bonchev–Trinajstić information content (AvgIpc) is 3.74. The van der Waals surface area contributed by atoms with Gasteiger partial charge in [0, 0.05) is 38.7 Å². The van der Waals surface area contributed by atoms with Gasteiger partial charge < -0.3 is 4.90 Å². The highest BCUT2D eigenvalue weighted by atomic mass is 15.2. The van der Waals surface area contributed by atoms with E-state index in [9.17, 15) is 0 Å². The first-order valence-electron chi connectivity index (χ1n) is 23.8. The monoisotopic (exact) mass is 891 g/mol. The van der Waals surface area contributed by atoms with Crippen molar-refractivity contribution in [3.8, 4) is 67.7 Å². The molecule has 0 N–H and O–H groups in total. The summed E-state index contributed by atoms with van der Waals surface area (Å²) in [6.45, 7) is 0. The molecule has 0 amide bonds. The molecule has 0 saturated carbocycles. The van der Waals surface area contributed by atoms with E-state index < -0.39 is 5.41 Å². The van der Waals surface area contributed by atoms with Gasteiger partial charge in [-0.05, 0) is 92.4 Å². The number of rotatable bonds is 6. The van der Waals surface area contributed by atoms with Gasteiger partial charge >= 0.3 is 0 Å². The number of fused-ring (bicyclic) bond motifs is 12. The van der Waals surface area contributed by atoms with Gasteiger partial charge in [0.05, 0.1) is 28.0 Å². The lowest BCUT2D eigenvalue weighted by Gasteiger charge is -2.45. The van der Waals surface area contributed by atoms with E-state index in [1.165, 1.54) is 38.8 Å². The smallest absolute Gasteiger partial charge is 0.164 e. The van der Waals surface area contributed by atoms with Crippen LogP contribution in [0.3, 0.4) is 0 Å². The molecule has 0 bridgehead atoms. The second-order valence-electron chi connectivity index (χ2n) is 18.1. The lowest BCUT2D eigenvalue weighted by atomic mass is 9.64. The molecule has 14 rings (SSSR count). The van der Waals surface area contributed by atoms with Gasteiger partial charge in [-0.2, -0.15) is 0 Å². The van der Waals surface area contributed by atoms with E-state index in [2.05, 4.69) is 193 Å². The molecule has 70 heavy (non-hydrogen) atoms. The summed E-state index contributed by atoms with van der Waals surface area (Å²) in [7, 11) is 0. The van der Waals surface area contributed by atoms with Crippen molar-refractivity contribution in [2.45, 2.75) is 5.41 Å². The molecule has 0 unspecified atom stereocenters. The van der Waals surface area contributed by atoms with E-state index in [1.807, 2.05) is 60.7 Å². The van der Waals surface area contributed by atoms with Crippen LogP contribution in [-0.2, 0) is 5.41 Å². The summed E-state index contributed by atoms with van der Waals surface area (Å²) in [5.41, 5.74) is 18.3. The number of para-hydroxylation sites is 2. The van der Waals surface area contributed by atoms with Crippen molar-refractivity contribution in [3.63, 3.8) is 0 Å². The van der Waals surface area contributed by atoms with Crippen molar-refractivity contribution in [1.29, 1.82) is 0 Å². The van der Waals surface area contributed by atoms with Crippen LogP contribution < -0.4 is 4.90 Å². The molecule has 3 heterocycles. The van der Waals surface area contributed by atoms with Crippen LogP contribution in [0.4, 0.5) is 17.1 Å². The van der Waals surface area contributed by atoms with Crippen molar-refractivity contribution in [1.82, 2.24) is 19.9 Å². The highest BCUT2D eigenvalue weighted by Gasteiger charge is 2.52. The van der Waals surface area contributed by atoms with Gasteiger partial charge in [-0.15, -0.1) is 0 Å². The zero-order valence-electron chi connectivity index (χ0n) is 37.9. The number of hydrogen-bond donors (Lipinski definition) is 0. The standard InChI is InChI=1S/C65H41N5/c1-5-19-43(20-6-1)61-53-41-60-57(40-52(53)51-29-15-18-32-58(51)66-61)65(54-30-16-13-27-49(54)50-28-14-17-31-55(50)65)56-39-47(37-38-59(56)70(60)48-25-11-4-12-26-48)42-33-35-46(36-34-42)64-68-62(44-21-7-2-8-22-44)67-63(69-64)45-23-9-3-10-24-45/h1-41H. The van der Waals surface area contributed by atoms with E-state index in [0.29, 0.717) is 17.5 Å². The first-order chi connectivity index (χ1) is 34.7. The fourth-order valence-corrected chi connectivity index (χ4v) is 11.2. The number of aromatic nitrogens is 4. The minimum absolute atomic E-state index is 0.628. The predicted molar refractivity (Wildman–Crippen MR) is 285 cm³/mol. The summed E-state index contributed by atoms with van der Waals surface area (Å²) in [6, 6.07) is 89.1. The Bertz CT molecular complexity index is 3880. The highest BCUT2D eigenvalue weighted by Crippen LogP contribution is 2.64. The Morgan fingerprint density at radius 1 is 0.286 bits per heavy atom.